The van der Waals surface area contributed by atoms with Crippen molar-refractivity contribution in [3.63, 3.8) is 0 Å². The number of carbonyl (C=O) groups excluding carboxylic acids is 2. The summed E-state index contributed by atoms with van der Waals surface area (Å²) >= 11 is 1.47. The Balaban J connectivity index is 1.56. The Morgan fingerprint density at radius 3 is 2.25 bits per heavy atom. The monoisotopic (exact) mass is 736 g/mol. The fraction of sp³-hybridized carbons (Fsp3) is 0.538. The number of phenolic OH excluding ortho intramolecular Hbond substituents is 1. The van der Waals surface area contributed by atoms with Gasteiger partial charge in [0, 0.05) is 49.6 Å². The Morgan fingerprint density at radius 1 is 1.00 bits per heavy atom. The summed E-state index contributed by atoms with van der Waals surface area (Å²) in [6.45, 7) is 15.7. The highest BCUT2D eigenvalue weighted by molar-refractivity contribution is 7.09. The highest BCUT2D eigenvalue weighted by Crippen LogP contribution is 2.23. The minimum Gasteiger partial charge on any atom is -0.508 e. The first kappa shape index (κ1) is 40.7. The van der Waals surface area contributed by atoms with Gasteiger partial charge in [-0.3, -0.25) is 24.3 Å². The van der Waals surface area contributed by atoms with Crippen molar-refractivity contribution >= 4 is 29.2 Å². The van der Waals surface area contributed by atoms with E-state index >= 15 is 0 Å². The third-order valence-corrected chi connectivity index (χ3v) is 10.3. The largest absolute Gasteiger partial charge is 0.508 e. The number of nitrogens with one attached hydrogen (secondary N) is 2. The van der Waals surface area contributed by atoms with Gasteiger partial charge in [-0.1, -0.05) is 70.2 Å². The number of nitrogens with zero attached hydrogens (tertiary/aromatic N) is 4. The Labute approximate surface area is 311 Å². The van der Waals surface area contributed by atoms with E-state index in [9.17, 15) is 29.7 Å². The minimum atomic E-state index is -1.23. The molecule has 1 aliphatic rings. The molecule has 1 aromatic heterocycles. The molecule has 2 heterocycles. The van der Waals surface area contributed by atoms with Crippen molar-refractivity contribution < 1.29 is 29.7 Å². The second-order valence-electron chi connectivity index (χ2n) is 15.5. The molecule has 2 aromatic carbocycles. The molecule has 13 heteroatoms. The van der Waals surface area contributed by atoms with Crippen LogP contribution >= 0.6 is 11.3 Å². The van der Waals surface area contributed by atoms with Gasteiger partial charge in [-0.05, 0) is 56.4 Å². The van der Waals surface area contributed by atoms with Crippen LogP contribution in [0.5, 0.6) is 5.75 Å². The van der Waals surface area contributed by atoms with Gasteiger partial charge < -0.3 is 26.0 Å². The molecule has 4 rings (SSSR count). The highest BCUT2D eigenvalue weighted by atomic mass is 32.1. The van der Waals surface area contributed by atoms with E-state index in [-0.39, 0.29) is 36.6 Å². The average Bonchev–Trinajstić information content (AvgIpc) is 3.54. The molecule has 1 saturated heterocycles. The van der Waals surface area contributed by atoms with E-state index in [4.69, 9.17) is 0 Å². The van der Waals surface area contributed by atoms with Crippen LogP contribution in [-0.4, -0.2) is 109 Å². The van der Waals surface area contributed by atoms with Gasteiger partial charge in [0.2, 0.25) is 11.8 Å². The van der Waals surface area contributed by atoms with E-state index in [0.29, 0.717) is 38.3 Å². The lowest BCUT2D eigenvalue weighted by Crippen LogP contribution is -2.63. The maximum Gasteiger partial charge on any atom is 0.408 e. The minimum absolute atomic E-state index is 0.0419. The molecule has 284 valence electrons. The summed E-state index contributed by atoms with van der Waals surface area (Å²) < 4.78 is 0. The molecule has 4 atom stereocenters. The van der Waals surface area contributed by atoms with Crippen molar-refractivity contribution in [1.82, 2.24) is 30.3 Å². The lowest BCUT2D eigenvalue weighted by atomic mass is 9.97. The fourth-order valence-electron chi connectivity index (χ4n) is 6.51. The number of phenols is 1. The molecule has 0 spiro atoms. The second-order valence-corrected chi connectivity index (χ2v) is 16.3. The van der Waals surface area contributed by atoms with E-state index in [2.05, 4.69) is 20.5 Å². The van der Waals surface area contributed by atoms with Gasteiger partial charge in [0.15, 0.2) is 0 Å². The van der Waals surface area contributed by atoms with Crippen LogP contribution in [0.2, 0.25) is 0 Å². The SMILES string of the molecule is CC(C)c1nc(CN(C(=O)O)[C@H](C(=O)N[C@@H](Cc2ccccc2)[C@H](O)CN2CCN(Cc3ccc(O)cc3)C[C@H]2C(=O)NC(C)(C)C)C(C)C)cs1. The summed E-state index contributed by atoms with van der Waals surface area (Å²) in [6, 6.07) is 14.1. The number of hydrogen-bond donors (Lipinski definition) is 5. The number of thiazole rings is 1. The van der Waals surface area contributed by atoms with Crippen LogP contribution in [-0.2, 0) is 29.1 Å². The lowest BCUT2D eigenvalue weighted by Gasteiger charge is -2.43. The van der Waals surface area contributed by atoms with Crippen LogP contribution in [0.25, 0.3) is 0 Å². The standard InChI is InChI=1S/C39H56N6O6S/c1-25(2)34(45(38(50)51)21-29-24-52-37(40-29)26(3)4)36(49)41-31(19-27-11-9-8-10-12-27)33(47)23-44-18-17-43(20-28-13-15-30(46)16-14-28)22-32(44)35(48)42-39(5,6)7/h8-16,24-26,31-34,46-47H,17-23H2,1-7H3,(H,41,49)(H,42,48)(H,50,51)/t31-,32-,33+,34-/m0/s1. The summed E-state index contributed by atoms with van der Waals surface area (Å²) in [7, 11) is 0. The predicted octanol–water partition coefficient (Wildman–Crippen LogP) is 4.67. The molecule has 1 aliphatic heterocycles. The fourth-order valence-corrected chi connectivity index (χ4v) is 7.34. The van der Waals surface area contributed by atoms with Crippen molar-refractivity contribution in [2.75, 3.05) is 26.2 Å². The average molecular weight is 737 g/mol. The molecule has 0 aliphatic carbocycles. The molecule has 3 amide bonds. The van der Waals surface area contributed by atoms with Gasteiger partial charge in [0.1, 0.15) is 17.8 Å². The Morgan fingerprint density at radius 2 is 1.67 bits per heavy atom. The van der Waals surface area contributed by atoms with Crippen molar-refractivity contribution in [2.24, 2.45) is 5.92 Å². The molecule has 1 fully saturated rings. The number of hydrogen-bond acceptors (Lipinski definition) is 9. The first-order valence-electron chi connectivity index (χ1n) is 18.0. The number of carbonyl (C=O) groups is 3. The molecule has 12 nitrogen and oxygen atoms in total. The third kappa shape index (κ3) is 11.7. The van der Waals surface area contributed by atoms with E-state index < -0.39 is 41.8 Å². The number of aromatic hydroxyl groups is 1. The summed E-state index contributed by atoms with van der Waals surface area (Å²) in [5.74, 6) is -0.642. The van der Waals surface area contributed by atoms with Gasteiger partial charge in [-0.15, -0.1) is 11.3 Å². The zero-order chi connectivity index (χ0) is 38.2. The van der Waals surface area contributed by atoms with Crippen molar-refractivity contribution in [1.29, 1.82) is 0 Å². The molecule has 52 heavy (non-hydrogen) atoms. The number of piperazine rings is 1. The van der Waals surface area contributed by atoms with E-state index in [1.54, 1.807) is 26.0 Å². The normalized spacial score (nSPS) is 17.5. The molecule has 3 aromatic rings. The highest BCUT2D eigenvalue weighted by Gasteiger charge is 2.38. The van der Waals surface area contributed by atoms with Crippen LogP contribution in [0.3, 0.4) is 0 Å². The van der Waals surface area contributed by atoms with E-state index in [0.717, 1.165) is 21.0 Å². The summed E-state index contributed by atoms with van der Waals surface area (Å²) in [5.41, 5.74) is 2.02. The van der Waals surface area contributed by atoms with Crippen molar-refractivity contribution in [3.05, 3.63) is 81.8 Å². The zero-order valence-electron chi connectivity index (χ0n) is 31.5. The molecule has 0 bridgehead atoms. The Hall–Kier alpha value is -4.04. The third-order valence-electron chi connectivity index (χ3n) is 9.11. The van der Waals surface area contributed by atoms with E-state index in [1.807, 2.05) is 87.4 Å². The summed E-state index contributed by atoms with van der Waals surface area (Å²) in [5, 5.41) is 40.8. The van der Waals surface area contributed by atoms with Gasteiger partial charge in [-0.2, -0.15) is 0 Å². The number of aromatic nitrogens is 1. The maximum atomic E-state index is 14.2. The van der Waals surface area contributed by atoms with Crippen molar-refractivity contribution in [3.8, 4) is 5.75 Å². The molecule has 0 radical (unpaired) electrons. The molecular weight excluding hydrogens is 681 g/mol. The number of aliphatic hydroxyl groups is 1. The summed E-state index contributed by atoms with van der Waals surface area (Å²) in [6.07, 6.45) is -2.02. The maximum absolute atomic E-state index is 14.2. The topological polar surface area (TPSA) is 159 Å². The molecule has 0 unspecified atom stereocenters. The first-order chi connectivity index (χ1) is 24.5. The molecule has 0 saturated carbocycles. The lowest BCUT2D eigenvalue weighted by molar-refractivity contribution is -0.133. The van der Waals surface area contributed by atoms with Gasteiger partial charge in [-0.25, -0.2) is 9.78 Å². The quantitative estimate of drug-likeness (QED) is 0.150. The Kier molecular flexibility index (Phi) is 14.2. The first-order valence-corrected chi connectivity index (χ1v) is 18.9. The van der Waals surface area contributed by atoms with Crippen LogP contribution in [0.4, 0.5) is 4.79 Å². The number of carboxylic acid groups (broad SMARTS) is 1. The summed E-state index contributed by atoms with van der Waals surface area (Å²) in [4.78, 5) is 50.4. The number of aliphatic hydroxyl groups excluding tert-OH is 1. The molecular formula is C39H56N6O6S. The number of β-amino-alcohol motifs (C(OH)–C–C–N with tert-alkyl or cyclic N) is 1. The predicted molar refractivity (Wildman–Crippen MR) is 203 cm³/mol. The number of amides is 3. The number of benzene rings is 2. The van der Waals surface area contributed by atoms with Crippen LogP contribution < -0.4 is 10.6 Å². The zero-order valence-corrected chi connectivity index (χ0v) is 32.3. The molecule has 5 N–H and O–H groups in total. The van der Waals surface area contributed by atoms with Crippen LogP contribution in [0.15, 0.2) is 60.0 Å². The van der Waals surface area contributed by atoms with E-state index in [1.165, 1.54) is 11.3 Å². The van der Waals surface area contributed by atoms with Gasteiger partial charge in [0.25, 0.3) is 0 Å². The smallest absolute Gasteiger partial charge is 0.408 e. The second kappa shape index (κ2) is 18.1. The van der Waals surface area contributed by atoms with Crippen LogP contribution in [0, 0.1) is 5.92 Å². The van der Waals surface area contributed by atoms with Gasteiger partial charge in [0.05, 0.1) is 29.4 Å². The van der Waals surface area contributed by atoms with Crippen LogP contribution in [0.1, 0.15) is 76.2 Å². The van der Waals surface area contributed by atoms with Crippen molar-refractivity contribution in [2.45, 2.75) is 104 Å². The number of rotatable bonds is 15. The van der Waals surface area contributed by atoms with Gasteiger partial charge >= 0.3 is 6.09 Å². The Bertz CT molecular complexity index is 1610.